The zero-order valence-electron chi connectivity index (χ0n) is 7.24. The third-order valence-corrected chi connectivity index (χ3v) is 1.85. The van der Waals surface area contributed by atoms with Crippen LogP contribution in [0.5, 0.6) is 0 Å². The summed E-state index contributed by atoms with van der Waals surface area (Å²) in [5.74, 6) is 0.239. The van der Waals surface area contributed by atoms with Gasteiger partial charge < -0.3 is 15.4 Å². The van der Waals surface area contributed by atoms with Gasteiger partial charge in [-0.1, -0.05) is 19.1 Å². The fourth-order valence-electron chi connectivity index (χ4n) is 0.982. The van der Waals surface area contributed by atoms with E-state index in [1.54, 1.807) is 12.2 Å². The van der Waals surface area contributed by atoms with E-state index in [4.69, 9.17) is 0 Å². The lowest BCUT2D eigenvalue weighted by Crippen LogP contribution is -3.01. The van der Waals surface area contributed by atoms with Crippen molar-refractivity contribution in [1.82, 2.24) is 0 Å². The van der Waals surface area contributed by atoms with Crippen LogP contribution in [0.15, 0.2) is 35.8 Å². The molecule has 12 heavy (non-hydrogen) atoms. The predicted octanol–water partition coefficient (Wildman–Crippen LogP) is 0.531. The average molecular weight is 167 g/mol. The highest BCUT2D eigenvalue weighted by molar-refractivity contribution is 5.26. The molecule has 0 aromatic rings. The van der Waals surface area contributed by atoms with Crippen LogP contribution in [0.25, 0.3) is 0 Å². The molecule has 0 saturated carbocycles. The number of rotatable bonds is 1. The molecule has 0 aliphatic heterocycles. The van der Waals surface area contributed by atoms with Crippen molar-refractivity contribution in [2.45, 2.75) is 6.92 Å². The maximum absolute atomic E-state index is 10.9. The van der Waals surface area contributed by atoms with E-state index in [0.29, 0.717) is 5.70 Å². The van der Waals surface area contributed by atoms with Gasteiger partial charge in [-0.15, -0.1) is 0 Å². The molecular formula is C9H13NO2. The Morgan fingerprint density at radius 1 is 1.58 bits per heavy atom. The van der Waals surface area contributed by atoms with Gasteiger partial charge in [0, 0.05) is 12.0 Å². The minimum atomic E-state index is -0.0275. The number of nitrogens with one attached hydrogen (secondary N) is 1. The number of hydroxylamine groups is 2. The summed E-state index contributed by atoms with van der Waals surface area (Å²) in [7, 11) is 1.49. The first kappa shape index (κ1) is 9.03. The molecule has 0 aromatic heterocycles. The van der Waals surface area contributed by atoms with Crippen molar-refractivity contribution >= 4 is 0 Å². The summed E-state index contributed by atoms with van der Waals surface area (Å²) in [6.45, 7) is 1.87. The average Bonchev–Trinajstić information content (AvgIpc) is 2.15. The molecule has 0 aromatic carbocycles. The molecule has 0 saturated heterocycles. The maximum atomic E-state index is 10.9. The topological polar surface area (TPSA) is 47.7 Å². The van der Waals surface area contributed by atoms with E-state index in [1.807, 2.05) is 13.0 Å². The van der Waals surface area contributed by atoms with Gasteiger partial charge in [-0.05, 0) is 6.08 Å². The number of allylic oxidation sites excluding steroid dienone is 4. The molecule has 1 aliphatic rings. The molecule has 66 valence electrons. The molecule has 3 nitrogen and oxygen atoms in total. The lowest BCUT2D eigenvalue weighted by atomic mass is 10.1. The molecule has 1 rings (SSSR count). The molecule has 2 N–H and O–H groups in total. The first-order chi connectivity index (χ1) is 5.61. The summed E-state index contributed by atoms with van der Waals surface area (Å²) >= 11 is 0. The molecule has 0 heterocycles. The minimum absolute atomic E-state index is 0.00176. The fourth-order valence-corrected chi connectivity index (χ4v) is 0.982. The first-order valence-electron chi connectivity index (χ1n) is 3.91. The minimum Gasteiger partial charge on any atom is -0.629 e. The Kier molecular flexibility index (Phi) is 2.68. The van der Waals surface area contributed by atoms with Gasteiger partial charge in [0.1, 0.15) is 11.5 Å². The molecule has 0 bridgehead atoms. The summed E-state index contributed by atoms with van der Waals surface area (Å²) in [6.07, 6.45) is 6.87. The molecule has 0 spiro atoms. The van der Waals surface area contributed by atoms with Crippen molar-refractivity contribution in [1.29, 1.82) is 0 Å². The summed E-state index contributed by atoms with van der Waals surface area (Å²) in [5.41, 5.74) is 0.549. The van der Waals surface area contributed by atoms with Crippen LogP contribution in [0.4, 0.5) is 0 Å². The van der Waals surface area contributed by atoms with Gasteiger partial charge in [0.2, 0.25) is 0 Å². The van der Waals surface area contributed by atoms with E-state index in [1.165, 1.54) is 13.1 Å². The smallest absolute Gasteiger partial charge is 0.134 e. The Balaban J connectivity index is 2.91. The lowest BCUT2D eigenvalue weighted by Gasteiger charge is -2.16. The summed E-state index contributed by atoms with van der Waals surface area (Å²) in [4.78, 5) is 0. The standard InChI is InChI=1S/C9H13NO2/c1-7-4-3-5-8(10(2)12)6-9(7)11/h3-7,10-11H,1-2H3. The number of hydrogen-bond donors (Lipinski definition) is 2. The van der Waals surface area contributed by atoms with Crippen molar-refractivity contribution in [3.63, 3.8) is 0 Å². The van der Waals surface area contributed by atoms with Crippen LogP contribution in [0.3, 0.4) is 0 Å². The van der Waals surface area contributed by atoms with Crippen LogP contribution in [-0.4, -0.2) is 12.2 Å². The highest BCUT2D eigenvalue weighted by Crippen LogP contribution is 2.12. The van der Waals surface area contributed by atoms with Gasteiger partial charge in [-0.25, -0.2) is 0 Å². The van der Waals surface area contributed by atoms with E-state index in [-0.39, 0.29) is 16.7 Å². The van der Waals surface area contributed by atoms with Gasteiger partial charge in [-0.3, -0.25) is 0 Å². The van der Waals surface area contributed by atoms with Crippen LogP contribution in [0.1, 0.15) is 6.92 Å². The van der Waals surface area contributed by atoms with Crippen LogP contribution >= 0.6 is 0 Å². The number of hydrogen-bond acceptors (Lipinski definition) is 2. The van der Waals surface area contributed by atoms with Crippen LogP contribution in [0, 0.1) is 11.1 Å². The van der Waals surface area contributed by atoms with Gasteiger partial charge in [0.15, 0.2) is 0 Å². The van der Waals surface area contributed by atoms with Crippen molar-refractivity contribution < 1.29 is 10.2 Å². The van der Waals surface area contributed by atoms with E-state index < -0.39 is 0 Å². The Bertz CT molecular complexity index is 251. The van der Waals surface area contributed by atoms with Crippen molar-refractivity contribution in [3.8, 4) is 0 Å². The molecule has 2 unspecified atom stereocenters. The summed E-state index contributed by atoms with van der Waals surface area (Å²) in [6, 6.07) is 0. The van der Waals surface area contributed by atoms with Crippen molar-refractivity contribution in [2.75, 3.05) is 7.05 Å². The molecule has 0 radical (unpaired) electrons. The first-order valence-corrected chi connectivity index (χ1v) is 3.91. The number of quaternary nitrogens is 1. The number of aliphatic hydroxyl groups excluding tert-OH is 1. The second kappa shape index (κ2) is 3.56. The Labute approximate surface area is 71.9 Å². The monoisotopic (exact) mass is 167 g/mol. The van der Waals surface area contributed by atoms with Crippen LogP contribution in [-0.2, 0) is 0 Å². The Hall–Kier alpha value is -1.06. The van der Waals surface area contributed by atoms with Gasteiger partial charge >= 0.3 is 0 Å². The number of aliphatic hydroxyl groups is 1. The molecular weight excluding hydrogens is 154 g/mol. The third-order valence-electron chi connectivity index (χ3n) is 1.85. The molecule has 1 aliphatic carbocycles. The van der Waals surface area contributed by atoms with E-state index in [2.05, 4.69) is 0 Å². The van der Waals surface area contributed by atoms with Crippen molar-refractivity contribution in [3.05, 3.63) is 41.0 Å². The Morgan fingerprint density at radius 3 is 2.83 bits per heavy atom. The second-order valence-electron chi connectivity index (χ2n) is 2.92. The zero-order valence-corrected chi connectivity index (χ0v) is 7.24. The normalized spacial score (nSPS) is 25.8. The summed E-state index contributed by atoms with van der Waals surface area (Å²) < 4.78 is 0. The quantitative estimate of drug-likeness (QED) is 0.560. The third kappa shape index (κ3) is 1.96. The van der Waals surface area contributed by atoms with Gasteiger partial charge in [0.05, 0.1) is 7.05 Å². The van der Waals surface area contributed by atoms with E-state index >= 15 is 0 Å². The lowest BCUT2D eigenvalue weighted by molar-refractivity contribution is -0.779. The predicted molar refractivity (Wildman–Crippen MR) is 47.4 cm³/mol. The molecule has 0 fully saturated rings. The van der Waals surface area contributed by atoms with Gasteiger partial charge in [0.25, 0.3) is 0 Å². The van der Waals surface area contributed by atoms with Crippen LogP contribution < -0.4 is 5.06 Å². The number of likely N-dealkylation sites (N-methyl/N-ethyl adjacent to an activating group) is 1. The zero-order chi connectivity index (χ0) is 9.14. The highest BCUT2D eigenvalue weighted by atomic mass is 16.5. The second-order valence-corrected chi connectivity index (χ2v) is 2.92. The van der Waals surface area contributed by atoms with Gasteiger partial charge in [-0.2, -0.15) is 0 Å². The molecule has 0 amide bonds. The van der Waals surface area contributed by atoms with Crippen molar-refractivity contribution in [2.24, 2.45) is 5.92 Å². The highest BCUT2D eigenvalue weighted by Gasteiger charge is 2.08. The van der Waals surface area contributed by atoms with E-state index in [9.17, 15) is 10.3 Å². The maximum Gasteiger partial charge on any atom is 0.134 e. The van der Waals surface area contributed by atoms with E-state index in [0.717, 1.165) is 0 Å². The van der Waals surface area contributed by atoms with Crippen LogP contribution in [0.2, 0.25) is 0 Å². The Morgan fingerprint density at radius 2 is 2.25 bits per heavy atom. The SMILES string of the molecule is CC1C=CC=C([NH+](C)[O-])C=C1O. The fraction of sp³-hybridized carbons (Fsp3) is 0.333. The summed E-state index contributed by atoms with van der Waals surface area (Å²) in [5, 5.41) is 20.3. The molecule has 2 atom stereocenters. The molecule has 3 heteroatoms. The largest absolute Gasteiger partial charge is 0.629 e.